The van der Waals surface area contributed by atoms with Crippen molar-refractivity contribution in [3.05, 3.63) is 89.6 Å². The number of aromatic nitrogens is 2. The molecule has 1 aliphatic rings. The molecule has 202 valence electrons. The van der Waals surface area contributed by atoms with E-state index in [0.29, 0.717) is 18.9 Å². The van der Waals surface area contributed by atoms with Gasteiger partial charge in [-0.05, 0) is 48.7 Å². The van der Waals surface area contributed by atoms with Gasteiger partial charge in [0.15, 0.2) is 9.84 Å². The van der Waals surface area contributed by atoms with Gasteiger partial charge in [0.1, 0.15) is 23.1 Å². The summed E-state index contributed by atoms with van der Waals surface area (Å²) >= 11 is 0. The lowest BCUT2D eigenvalue weighted by Crippen LogP contribution is -2.33. The van der Waals surface area contributed by atoms with E-state index in [0.717, 1.165) is 40.7 Å². The van der Waals surface area contributed by atoms with Crippen molar-refractivity contribution in [2.75, 3.05) is 19.4 Å². The number of halogens is 1. The molecule has 4 aromatic rings. The third kappa shape index (κ3) is 5.31. The third-order valence-electron chi connectivity index (χ3n) is 7.03. The molecule has 1 aliphatic heterocycles. The molecule has 39 heavy (non-hydrogen) atoms. The Morgan fingerprint density at radius 1 is 1.03 bits per heavy atom. The van der Waals surface area contributed by atoms with Crippen LogP contribution in [0.3, 0.4) is 0 Å². The highest BCUT2D eigenvalue weighted by atomic mass is 32.2. The molecule has 0 spiro atoms. The van der Waals surface area contributed by atoms with Gasteiger partial charge >= 0.3 is 0 Å². The molecule has 0 radical (unpaired) electrons. The molecule has 0 atom stereocenters. The van der Waals surface area contributed by atoms with Crippen molar-refractivity contribution in [1.82, 2.24) is 14.5 Å². The van der Waals surface area contributed by atoms with Crippen molar-refractivity contribution >= 4 is 15.7 Å². The van der Waals surface area contributed by atoms with Crippen LogP contribution in [0.15, 0.2) is 72.0 Å². The Kier molecular flexibility index (Phi) is 7.27. The van der Waals surface area contributed by atoms with E-state index in [-0.39, 0.29) is 30.0 Å². The van der Waals surface area contributed by atoms with Crippen molar-refractivity contribution in [3.8, 4) is 28.1 Å². The van der Waals surface area contributed by atoms with Crippen LogP contribution in [0.2, 0.25) is 0 Å². The molecule has 7 nitrogen and oxygen atoms in total. The minimum Gasteiger partial charge on any atom is -0.491 e. The Morgan fingerprint density at radius 2 is 1.74 bits per heavy atom. The molecular formula is C30H30FN3O4S. The van der Waals surface area contributed by atoms with Crippen molar-refractivity contribution in [2.24, 2.45) is 0 Å². The van der Waals surface area contributed by atoms with Gasteiger partial charge < -0.3 is 14.2 Å². The molecular weight excluding hydrogens is 517 g/mol. The molecule has 0 saturated carbocycles. The average Bonchev–Trinajstić information content (AvgIpc) is 3.31. The topological polar surface area (TPSA) is 81.5 Å². The van der Waals surface area contributed by atoms with Crippen molar-refractivity contribution in [1.29, 1.82) is 0 Å². The zero-order chi connectivity index (χ0) is 27.7. The first kappa shape index (κ1) is 26.6. The van der Waals surface area contributed by atoms with Crippen LogP contribution < -0.4 is 4.74 Å². The first-order chi connectivity index (χ1) is 18.7. The van der Waals surface area contributed by atoms with Crippen LogP contribution in [0.25, 0.3) is 22.4 Å². The molecule has 1 amide bonds. The molecule has 3 aromatic carbocycles. The average molecular weight is 548 g/mol. The maximum absolute atomic E-state index is 15.1. The summed E-state index contributed by atoms with van der Waals surface area (Å²) < 4.78 is 47.0. The van der Waals surface area contributed by atoms with Gasteiger partial charge in [-0.1, -0.05) is 37.3 Å². The predicted molar refractivity (Wildman–Crippen MR) is 148 cm³/mol. The summed E-state index contributed by atoms with van der Waals surface area (Å²) in [7, 11) is -3.75. The number of aryl methyl sites for hydroxylation is 1. The van der Waals surface area contributed by atoms with E-state index >= 15 is 4.39 Å². The van der Waals surface area contributed by atoms with Crippen LogP contribution >= 0.6 is 0 Å². The first-order valence-corrected chi connectivity index (χ1v) is 14.8. The maximum Gasteiger partial charge on any atom is 0.254 e. The number of hydrogen-bond acceptors (Lipinski definition) is 5. The van der Waals surface area contributed by atoms with Gasteiger partial charge in [-0.3, -0.25) is 4.79 Å². The third-order valence-corrected chi connectivity index (χ3v) is 8.15. The van der Waals surface area contributed by atoms with Crippen molar-refractivity contribution < 1.29 is 22.3 Å². The zero-order valence-electron chi connectivity index (χ0n) is 22.1. The summed E-state index contributed by atoms with van der Waals surface area (Å²) in [5.41, 5.74) is 5.06. The monoisotopic (exact) mass is 547 g/mol. The summed E-state index contributed by atoms with van der Waals surface area (Å²) in [5.74, 6) is -0.516. The molecule has 1 aromatic heterocycles. The summed E-state index contributed by atoms with van der Waals surface area (Å²) in [6.07, 6.45) is 4.99. The molecule has 0 unspecified atom stereocenters. The van der Waals surface area contributed by atoms with Crippen LogP contribution in [0.4, 0.5) is 4.39 Å². The lowest BCUT2D eigenvalue weighted by molar-refractivity contribution is 0.0731. The van der Waals surface area contributed by atoms with E-state index in [2.05, 4.69) is 11.9 Å². The van der Waals surface area contributed by atoms with E-state index in [9.17, 15) is 13.2 Å². The number of rotatable bonds is 6. The van der Waals surface area contributed by atoms with Gasteiger partial charge in [-0.2, -0.15) is 0 Å². The lowest BCUT2D eigenvalue weighted by Gasteiger charge is -2.22. The minimum absolute atomic E-state index is 0.103. The van der Waals surface area contributed by atoms with Gasteiger partial charge in [0.05, 0.1) is 18.6 Å². The van der Waals surface area contributed by atoms with Crippen LogP contribution in [0, 0.1) is 5.82 Å². The Bertz CT molecular complexity index is 1650. The number of imidazole rings is 1. The molecule has 0 bridgehead atoms. The Morgan fingerprint density at radius 3 is 2.41 bits per heavy atom. The van der Waals surface area contributed by atoms with Gasteiger partial charge in [0.25, 0.3) is 5.91 Å². The largest absolute Gasteiger partial charge is 0.491 e. The highest BCUT2D eigenvalue weighted by Crippen LogP contribution is 2.32. The van der Waals surface area contributed by atoms with Crippen molar-refractivity contribution in [3.63, 3.8) is 0 Å². The second kappa shape index (κ2) is 10.6. The second-order valence-corrected chi connectivity index (χ2v) is 11.6. The summed E-state index contributed by atoms with van der Waals surface area (Å²) in [4.78, 5) is 19.2. The van der Waals surface area contributed by atoms with E-state index in [1.807, 2.05) is 59.6 Å². The fourth-order valence-corrected chi connectivity index (χ4v) is 5.63. The van der Waals surface area contributed by atoms with Gasteiger partial charge in [-0.15, -0.1) is 0 Å². The molecule has 0 N–H and O–H groups in total. The zero-order valence-corrected chi connectivity index (χ0v) is 23.0. The Balaban J connectivity index is 1.42. The molecule has 0 aliphatic carbocycles. The molecule has 2 heterocycles. The maximum atomic E-state index is 15.1. The number of carbonyl (C=O) groups excluding carboxylic acids is 1. The number of sulfone groups is 1. The number of ether oxygens (including phenoxy) is 1. The lowest BCUT2D eigenvalue weighted by atomic mass is 10.00. The van der Waals surface area contributed by atoms with Gasteiger partial charge in [0, 0.05) is 47.8 Å². The fourth-order valence-electron chi connectivity index (χ4n) is 4.87. The highest BCUT2D eigenvalue weighted by molar-refractivity contribution is 7.90. The number of amides is 1. The van der Waals surface area contributed by atoms with Crippen molar-refractivity contribution in [2.45, 2.75) is 38.3 Å². The van der Waals surface area contributed by atoms with E-state index in [1.54, 1.807) is 11.8 Å². The van der Waals surface area contributed by atoms with Crippen LogP contribution in [-0.2, 0) is 29.3 Å². The predicted octanol–water partition coefficient (Wildman–Crippen LogP) is 5.38. The van der Waals surface area contributed by atoms with Crippen LogP contribution in [0.1, 0.15) is 35.3 Å². The number of hydrogen-bond donors (Lipinski definition) is 0. The molecule has 9 heteroatoms. The fraction of sp³-hybridized carbons (Fsp3) is 0.267. The van der Waals surface area contributed by atoms with E-state index in [1.165, 1.54) is 12.1 Å². The van der Waals surface area contributed by atoms with Gasteiger partial charge in [-0.25, -0.2) is 17.8 Å². The Hall–Kier alpha value is -3.98. The SMILES string of the molecule is CCc1c(C(=O)N2CCOc3ccc(-c4ccc(-c5cn(CC)cn5)cc4)cc3C2)ccc(S(C)(=O)=O)c1F. The van der Waals surface area contributed by atoms with Crippen LogP contribution in [0.5, 0.6) is 5.75 Å². The standard InChI is InChI=1S/C30H30FN3O4S/c1-4-24-25(11-13-28(29(24)31)39(3,36)37)30(35)34-14-15-38-27-12-10-22(16-23(27)17-34)20-6-8-21(9-7-20)26-18-33(5-2)19-32-26/h6-13,16,18-19H,4-5,14-15,17H2,1-3H3. The summed E-state index contributed by atoms with van der Waals surface area (Å²) in [5, 5.41) is 0. The van der Waals surface area contributed by atoms with Crippen LogP contribution in [-0.4, -0.2) is 48.2 Å². The quantitative estimate of drug-likeness (QED) is 0.324. The number of fused-ring (bicyclic) bond motifs is 1. The number of carbonyl (C=O) groups is 1. The summed E-state index contributed by atoms with van der Waals surface area (Å²) in [6, 6.07) is 16.7. The van der Waals surface area contributed by atoms with E-state index < -0.39 is 20.5 Å². The first-order valence-electron chi connectivity index (χ1n) is 12.9. The smallest absolute Gasteiger partial charge is 0.254 e. The summed E-state index contributed by atoms with van der Waals surface area (Å²) in [6.45, 7) is 5.54. The number of benzene rings is 3. The second-order valence-electron chi connectivity index (χ2n) is 9.59. The molecule has 0 saturated heterocycles. The van der Waals surface area contributed by atoms with E-state index in [4.69, 9.17) is 4.74 Å². The molecule has 0 fully saturated rings. The Labute approximate surface area is 227 Å². The number of nitrogens with zero attached hydrogens (tertiary/aromatic N) is 3. The normalized spacial score (nSPS) is 13.5. The molecule has 5 rings (SSSR count). The highest BCUT2D eigenvalue weighted by Gasteiger charge is 2.27. The van der Waals surface area contributed by atoms with Gasteiger partial charge in [0.2, 0.25) is 0 Å². The minimum atomic E-state index is -3.75.